The lowest BCUT2D eigenvalue weighted by atomic mass is 9.52. The summed E-state index contributed by atoms with van der Waals surface area (Å²) in [4.78, 5) is 46.3. The average Bonchev–Trinajstić information content (AvgIpc) is 0.711. The van der Waals surface area contributed by atoms with Gasteiger partial charge in [0.25, 0.3) is 0 Å². The zero-order valence-corrected chi connectivity index (χ0v) is 69.3. The molecule has 4 aromatic rings. The minimum Gasteiger partial charge on any atom is -0.496 e. The van der Waals surface area contributed by atoms with E-state index >= 15 is 9.59 Å². The first kappa shape index (κ1) is 87.1. The highest BCUT2D eigenvalue weighted by molar-refractivity contribution is 6.04. The molecular formula is C93H145NO12. The highest BCUT2D eigenvalue weighted by Crippen LogP contribution is 2.61. The third-order valence-corrected chi connectivity index (χ3v) is 24.6. The zero-order chi connectivity index (χ0) is 76.7. The van der Waals surface area contributed by atoms with Gasteiger partial charge in [-0.25, -0.2) is 0 Å². The van der Waals surface area contributed by atoms with Gasteiger partial charge in [-0.05, 0) is 76.1 Å². The first-order valence-corrected chi connectivity index (χ1v) is 42.5. The van der Waals surface area contributed by atoms with Gasteiger partial charge in [-0.15, -0.1) is 0 Å². The van der Waals surface area contributed by atoms with Crippen molar-refractivity contribution < 1.29 is 57.4 Å². The van der Waals surface area contributed by atoms with Gasteiger partial charge in [-0.3, -0.25) is 19.3 Å². The Balaban J connectivity index is 1.61. The van der Waals surface area contributed by atoms with E-state index in [9.17, 15) is 9.90 Å². The van der Waals surface area contributed by atoms with E-state index in [1.54, 1.807) is 63.8 Å². The second-order valence-corrected chi connectivity index (χ2v) is 33.0. The van der Waals surface area contributed by atoms with Crippen LogP contribution in [0, 0.1) is 16.2 Å². The number of carboxylic acid groups (broad SMARTS) is 1. The molecule has 0 radical (unpaired) electrons. The molecule has 7 rings (SSSR count). The number of aliphatic carboxylic acids is 1. The van der Waals surface area contributed by atoms with Crippen molar-refractivity contribution in [1.82, 2.24) is 4.90 Å². The topological polar surface area (TPSA) is 149 Å². The molecule has 6 atom stereocenters. The predicted molar refractivity (Wildman–Crippen MR) is 434 cm³/mol. The molecule has 1 saturated carbocycles. The largest absolute Gasteiger partial charge is 0.496 e. The van der Waals surface area contributed by atoms with Gasteiger partial charge < -0.3 is 43.0 Å². The summed E-state index contributed by atoms with van der Waals surface area (Å²) in [6.45, 7) is 14.4. The Bertz CT molecular complexity index is 3140. The number of imide groups is 1. The summed E-state index contributed by atoms with van der Waals surface area (Å²) in [6, 6.07) is 15.9. The second-order valence-electron chi connectivity index (χ2n) is 33.0. The number of unbranched alkanes of at least 4 members (excludes halogenated alkanes) is 32. The van der Waals surface area contributed by atoms with Crippen LogP contribution in [0.2, 0.25) is 0 Å². The number of ether oxygens (including phenoxy) is 8. The van der Waals surface area contributed by atoms with Crippen molar-refractivity contribution in [2.24, 2.45) is 16.2 Å². The van der Waals surface area contributed by atoms with Gasteiger partial charge in [-0.1, -0.05) is 273 Å². The van der Waals surface area contributed by atoms with Crippen molar-refractivity contribution in [2.75, 3.05) is 56.9 Å². The number of carboxylic acids is 1. The zero-order valence-electron chi connectivity index (χ0n) is 69.3. The number of likely N-dealkylation sites (tertiary alicyclic amines) is 1. The maximum Gasteiger partial charge on any atom is 0.309 e. The van der Waals surface area contributed by atoms with Gasteiger partial charge in [0, 0.05) is 97.2 Å². The molecule has 2 aliphatic carbocycles. The molecule has 4 aromatic carbocycles. The molecule has 13 nitrogen and oxygen atoms in total. The van der Waals surface area contributed by atoms with E-state index in [4.69, 9.17) is 37.9 Å². The second kappa shape index (κ2) is 44.5. The van der Waals surface area contributed by atoms with Crippen LogP contribution in [-0.4, -0.2) is 84.7 Å². The van der Waals surface area contributed by atoms with Crippen molar-refractivity contribution in [2.45, 2.75) is 355 Å². The summed E-state index contributed by atoms with van der Waals surface area (Å²) in [6.07, 6.45) is 46.0. The van der Waals surface area contributed by atoms with E-state index in [0.29, 0.717) is 28.6 Å². The maximum atomic E-state index is 15.8. The number of benzene rings is 4. The van der Waals surface area contributed by atoms with Crippen LogP contribution < -0.4 is 37.9 Å². The van der Waals surface area contributed by atoms with Crippen LogP contribution in [0.3, 0.4) is 0 Å². The lowest BCUT2D eigenvalue weighted by molar-refractivity contribution is -0.184. The van der Waals surface area contributed by atoms with E-state index in [0.717, 1.165) is 170 Å². The minimum absolute atomic E-state index is 0.107. The van der Waals surface area contributed by atoms with Crippen molar-refractivity contribution in [1.29, 1.82) is 0 Å². The van der Waals surface area contributed by atoms with Gasteiger partial charge >= 0.3 is 5.97 Å². The van der Waals surface area contributed by atoms with Crippen molar-refractivity contribution in [3.8, 4) is 46.0 Å². The molecule has 10 bridgehead atoms. The number of nitrogens with zero attached hydrogens (tertiary/aromatic N) is 1. The molecule has 1 heterocycles. The molecule has 2 fully saturated rings. The summed E-state index contributed by atoms with van der Waals surface area (Å²) in [5.41, 5.74) is 5.06. The van der Waals surface area contributed by atoms with Gasteiger partial charge in [0.15, 0.2) is 0 Å². The normalized spacial score (nSPS) is 20.5. The van der Waals surface area contributed by atoms with Crippen LogP contribution in [0.15, 0.2) is 42.5 Å². The lowest BCUT2D eigenvalue weighted by Crippen LogP contribution is -2.63. The Kier molecular flexibility index (Phi) is 36.6. The monoisotopic (exact) mass is 1470 g/mol. The Hall–Kier alpha value is -6.11. The Morgan fingerprint density at radius 2 is 0.547 bits per heavy atom. The van der Waals surface area contributed by atoms with E-state index in [1.807, 2.05) is 13.8 Å². The molecule has 6 unspecified atom stereocenters. The van der Waals surface area contributed by atoms with E-state index in [1.165, 1.54) is 159 Å². The number of fused-ring (bicyclic) bond motifs is 10. The third-order valence-electron chi connectivity index (χ3n) is 24.6. The van der Waals surface area contributed by atoms with Crippen molar-refractivity contribution in [3.63, 3.8) is 0 Å². The van der Waals surface area contributed by atoms with Crippen LogP contribution in [0.4, 0.5) is 0 Å². The van der Waals surface area contributed by atoms with Gasteiger partial charge in [0.1, 0.15) is 46.0 Å². The molecular weight excluding hydrogens is 1320 g/mol. The Morgan fingerprint density at radius 1 is 0.330 bits per heavy atom. The highest BCUT2D eigenvalue weighted by atomic mass is 16.5. The van der Waals surface area contributed by atoms with Crippen LogP contribution >= 0.6 is 0 Å². The van der Waals surface area contributed by atoms with Gasteiger partial charge in [0.2, 0.25) is 11.8 Å². The van der Waals surface area contributed by atoms with Crippen LogP contribution in [-0.2, 0) is 20.9 Å². The lowest BCUT2D eigenvalue weighted by Gasteiger charge is -2.55. The van der Waals surface area contributed by atoms with Gasteiger partial charge in [-0.2, -0.15) is 0 Å². The fraction of sp³-hybridized carbons (Fsp3) is 0.710. The van der Waals surface area contributed by atoms with Gasteiger partial charge in [0.05, 0.1) is 74.4 Å². The number of piperidine rings is 1. The number of carbonyl (C=O) groups excluding carboxylic acids is 2. The van der Waals surface area contributed by atoms with Crippen molar-refractivity contribution >= 4 is 17.8 Å². The standard InChI is InChI=1S/C93H145NO12/c1-16-20-24-28-32-36-40-44-48-52-67-71-56-72(81(100-9)60-80(71)99-8)68(53-49-45-41-37-33-29-25-21-17-2)74-58-76(85(104-13)62-83(74)102-11)70(55-51-47-43-39-35-31-27-23-19-4)78-59-77(69(54-50-46-42-38-34-30-26-22-18-3)75-57-73(67)82(101-10)61-84(75)103-12)86(105-14)79(87(78)106-15)63-94-88(95)91(5)64-92(6,89(94)96)66-93(7,65-91)90(97)98/h56-62,67-70H,16-55,63-66H2,1-15H3,(H,97,98). The number of rotatable bonds is 51. The summed E-state index contributed by atoms with van der Waals surface area (Å²) >= 11 is 0. The summed E-state index contributed by atoms with van der Waals surface area (Å²) in [5, 5.41) is 10.8. The molecule has 0 spiro atoms. The molecule has 13 heteroatoms. The fourth-order valence-corrected chi connectivity index (χ4v) is 19.2. The molecule has 594 valence electrons. The van der Waals surface area contributed by atoms with Crippen LogP contribution in [0.25, 0.3) is 0 Å². The maximum absolute atomic E-state index is 15.8. The fourth-order valence-electron chi connectivity index (χ4n) is 19.2. The molecule has 0 aromatic heterocycles. The van der Waals surface area contributed by atoms with Crippen LogP contribution in [0.5, 0.6) is 46.0 Å². The SMILES string of the molecule is CCCCCCCCCCCC1c2cc(c(OC)cc2OC)C(CCCCCCCCCCC)c2cc(c(OC)cc2OC)C(CCCCCCCCCCC)c2cc(c(OC)c(CN3C(=O)C4(C)CC(C)(C(=O)O)CC(C)(C4)C3=O)c2OC)C(CCCCCCCCCCC)c2cc1c(OC)cc2OC. The average molecular weight is 1470 g/mol. The van der Waals surface area contributed by atoms with E-state index in [2.05, 4.69) is 70.2 Å². The first-order valence-electron chi connectivity index (χ1n) is 42.5. The number of methoxy groups -OCH3 is 8. The third kappa shape index (κ3) is 22.5. The molecule has 2 amide bonds. The Labute approximate surface area is 643 Å². The molecule has 1 aliphatic heterocycles. The van der Waals surface area contributed by atoms with E-state index < -0.39 is 22.2 Å². The smallest absolute Gasteiger partial charge is 0.309 e. The molecule has 3 aliphatic rings. The Morgan fingerprint density at radius 3 is 0.764 bits per heavy atom. The quantitative estimate of drug-likeness (QED) is 0.0331. The number of amides is 2. The summed E-state index contributed by atoms with van der Waals surface area (Å²) in [5.74, 6) is 2.55. The number of carbonyl (C=O) groups is 3. The molecule has 106 heavy (non-hydrogen) atoms. The highest BCUT2D eigenvalue weighted by Gasteiger charge is 2.63. The number of hydrogen-bond acceptors (Lipinski definition) is 11. The molecule has 1 saturated heterocycles. The number of hydrogen-bond donors (Lipinski definition) is 1. The summed E-state index contributed by atoms with van der Waals surface area (Å²) in [7, 11) is 14.1. The molecule has 1 N–H and O–H groups in total. The van der Waals surface area contributed by atoms with Crippen LogP contribution in [0.1, 0.15) is 398 Å². The predicted octanol–water partition coefficient (Wildman–Crippen LogP) is 25.4. The first-order chi connectivity index (χ1) is 51.4. The van der Waals surface area contributed by atoms with Crippen molar-refractivity contribution in [3.05, 3.63) is 92.5 Å². The summed E-state index contributed by atoms with van der Waals surface area (Å²) < 4.78 is 54.2. The minimum atomic E-state index is -1.28. The van der Waals surface area contributed by atoms with E-state index in [-0.39, 0.29) is 61.3 Å².